The van der Waals surface area contributed by atoms with Crippen LogP contribution < -0.4 is 15.6 Å². The molecule has 0 aromatic heterocycles. The smallest absolute Gasteiger partial charge is 0.271 e. The summed E-state index contributed by atoms with van der Waals surface area (Å²) >= 11 is 0. The van der Waals surface area contributed by atoms with Gasteiger partial charge in [0, 0.05) is 30.1 Å². The first kappa shape index (κ1) is 19.8. The molecule has 0 saturated heterocycles. The molecule has 2 aromatic carbocycles. The van der Waals surface area contributed by atoms with Crippen molar-refractivity contribution in [2.75, 3.05) is 15.6 Å². The van der Waals surface area contributed by atoms with E-state index in [2.05, 4.69) is 15.7 Å². The average Bonchev–Trinajstić information content (AvgIpc) is 3.56. The third-order valence-corrected chi connectivity index (χ3v) is 5.22. The van der Waals surface area contributed by atoms with Gasteiger partial charge < -0.3 is 10.6 Å². The molecule has 3 amide bonds. The number of nitrogens with zero attached hydrogens (tertiary/aromatic N) is 2. The Balaban J connectivity index is 1.50. The van der Waals surface area contributed by atoms with Crippen molar-refractivity contribution in [1.82, 2.24) is 0 Å². The molecule has 0 radical (unpaired) electrons. The largest absolute Gasteiger partial charge is 0.326 e. The van der Waals surface area contributed by atoms with Crippen molar-refractivity contribution in [1.29, 1.82) is 0 Å². The molecule has 0 atom stereocenters. The molecule has 2 aromatic rings. The zero-order valence-corrected chi connectivity index (χ0v) is 17.1. The number of hydrogen-bond donors (Lipinski definition) is 2. The Morgan fingerprint density at radius 1 is 1.00 bits per heavy atom. The highest BCUT2D eigenvalue weighted by atomic mass is 16.2. The molecule has 1 aliphatic carbocycles. The van der Waals surface area contributed by atoms with E-state index in [1.165, 1.54) is 5.01 Å². The second kappa shape index (κ2) is 8.10. The van der Waals surface area contributed by atoms with Crippen molar-refractivity contribution in [2.45, 2.75) is 39.5 Å². The van der Waals surface area contributed by atoms with Crippen LogP contribution in [0.5, 0.6) is 0 Å². The first-order chi connectivity index (χ1) is 14.4. The fourth-order valence-electron chi connectivity index (χ4n) is 3.32. The van der Waals surface area contributed by atoms with Crippen molar-refractivity contribution in [2.24, 2.45) is 11.0 Å². The Kier molecular flexibility index (Phi) is 5.35. The lowest BCUT2D eigenvalue weighted by Crippen LogP contribution is -2.36. The number of anilines is 3. The van der Waals surface area contributed by atoms with Gasteiger partial charge in [0.1, 0.15) is 5.71 Å². The molecule has 1 heterocycles. The van der Waals surface area contributed by atoms with Gasteiger partial charge in [-0.3, -0.25) is 14.4 Å². The Morgan fingerprint density at radius 3 is 2.47 bits per heavy atom. The summed E-state index contributed by atoms with van der Waals surface area (Å²) in [6, 6.07) is 12.8. The van der Waals surface area contributed by atoms with Crippen LogP contribution in [-0.4, -0.2) is 23.4 Å². The first-order valence-electron chi connectivity index (χ1n) is 10.1. The molecule has 0 unspecified atom stereocenters. The third kappa shape index (κ3) is 4.40. The highest BCUT2D eigenvalue weighted by Gasteiger charge is 2.30. The summed E-state index contributed by atoms with van der Waals surface area (Å²) < 4.78 is 0. The summed E-state index contributed by atoms with van der Waals surface area (Å²) in [6.07, 6.45) is 2.36. The second-order valence-corrected chi connectivity index (χ2v) is 7.84. The van der Waals surface area contributed by atoms with E-state index in [9.17, 15) is 14.4 Å². The van der Waals surface area contributed by atoms with Crippen LogP contribution in [0.4, 0.5) is 17.1 Å². The third-order valence-electron chi connectivity index (χ3n) is 5.22. The molecule has 7 nitrogen and oxygen atoms in total. The Morgan fingerprint density at radius 2 is 1.73 bits per heavy atom. The topological polar surface area (TPSA) is 90.9 Å². The van der Waals surface area contributed by atoms with Crippen molar-refractivity contribution < 1.29 is 14.4 Å². The minimum atomic E-state index is -0.358. The Hall–Kier alpha value is -3.48. The zero-order valence-electron chi connectivity index (χ0n) is 17.1. The predicted octanol–water partition coefficient (Wildman–Crippen LogP) is 3.77. The van der Waals surface area contributed by atoms with Crippen LogP contribution >= 0.6 is 0 Å². The van der Waals surface area contributed by atoms with E-state index in [0.717, 1.165) is 24.0 Å². The highest BCUT2D eigenvalue weighted by molar-refractivity contribution is 6.44. The van der Waals surface area contributed by atoms with Crippen LogP contribution in [0.2, 0.25) is 0 Å². The molecule has 2 N–H and O–H groups in total. The lowest BCUT2D eigenvalue weighted by atomic mass is 10.1. The zero-order chi connectivity index (χ0) is 21.3. The molecule has 1 aliphatic heterocycles. The fraction of sp³-hybridized carbons (Fsp3) is 0.304. The number of hydrazone groups is 1. The molecular formula is C23H24N4O3. The SMILES string of the molecule is Cc1ccc(C)c(N2N=C(C(=O)Nc3cccc(NC(=O)C4CC4)c3)CCC2=O)c1. The number of hydrogen-bond acceptors (Lipinski definition) is 4. The van der Waals surface area contributed by atoms with E-state index >= 15 is 0 Å². The predicted molar refractivity (Wildman–Crippen MR) is 116 cm³/mol. The first-order valence-corrected chi connectivity index (χ1v) is 10.1. The number of benzene rings is 2. The molecule has 4 rings (SSSR count). The molecule has 30 heavy (non-hydrogen) atoms. The van der Waals surface area contributed by atoms with Crippen molar-refractivity contribution in [3.05, 3.63) is 53.6 Å². The summed E-state index contributed by atoms with van der Waals surface area (Å²) in [5.41, 5.74) is 4.12. The number of carbonyl (C=O) groups is 3. The summed E-state index contributed by atoms with van der Waals surface area (Å²) in [7, 11) is 0. The van der Waals surface area contributed by atoms with Crippen LogP contribution in [0, 0.1) is 19.8 Å². The van der Waals surface area contributed by atoms with E-state index in [4.69, 9.17) is 0 Å². The molecule has 7 heteroatoms. The van der Waals surface area contributed by atoms with Crippen molar-refractivity contribution >= 4 is 40.5 Å². The number of amides is 3. The average molecular weight is 404 g/mol. The molecule has 1 fully saturated rings. The van der Waals surface area contributed by atoms with Gasteiger partial charge in [0.15, 0.2) is 0 Å². The lowest BCUT2D eigenvalue weighted by molar-refractivity contribution is -0.119. The van der Waals surface area contributed by atoms with Crippen LogP contribution in [0.1, 0.15) is 36.8 Å². The van der Waals surface area contributed by atoms with E-state index in [1.807, 2.05) is 32.0 Å². The summed E-state index contributed by atoms with van der Waals surface area (Å²) in [6.45, 7) is 3.86. The van der Waals surface area contributed by atoms with E-state index in [-0.39, 0.29) is 36.5 Å². The fourth-order valence-corrected chi connectivity index (χ4v) is 3.32. The minimum absolute atomic E-state index is 0.0119. The van der Waals surface area contributed by atoms with Gasteiger partial charge in [0.25, 0.3) is 5.91 Å². The van der Waals surface area contributed by atoms with Gasteiger partial charge in [0.2, 0.25) is 11.8 Å². The molecule has 2 aliphatic rings. The normalized spacial score (nSPS) is 16.1. The van der Waals surface area contributed by atoms with Crippen molar-refractivity contribution in [3.8, 4) is 0 Å². The van der Waals surface area contributed by atoms with Gasteiger partial charge in [-0.05, 0) is 62.1 Å². The minimum Gasteiger partial charge on any atom is -0.326 e. The second-order valence-electron chi connectivity index (χ2n) is 7.84. The maximum Gasteiger partial charge on any atom is 0.271 e. The van der Waals surface area contributed by atoms with Gasteiger partial charge in [-0.2, -0.15) is 5.10 Å². The van der Waals surface area contributed by atoms with Crippen LogP contribution in [0.25, 0.3) is 0 Å². The molecule has 154 valence electrons. The van der Waals surface area contributed by atoms with Gasteiger partial charge in [-0.25, -0.2) is 5.01 Å². The van der Waals surface area contributed by atoms with E-state index in [1.54, 1.807) is 24.3 Å². The maximum absolute atomic E-state index is 12.8. The van der Waals surface area contributed by atoms with Crippen LogP contribution in [0.3, 0.4) is 0 Å². The number of rotatable bonds is 5. The maximum atomic E-state index is 12.8. The Labute approximate surface area is 175 Å². The number of nitrogens with one attached hydrogen (secondary N) is 2. The van der Waals surface area contributed by atoms with Gasteiger partial charge in [-0.15, -0.1) is 0 Å². The molecule has 0 spiro atoms. The number of aryl methyl sites for hydroxylation is 2. The molecule has 0 bridgehead atoms. The summed E-state index contributed by atoms with van der Waals surface area (Å²) in [5, 5.41) is 11.4. The summed E-state index contributed by atoms with van der Waals surface area (Å²) in [4.78, 5) is 37.2. The van der Waals surface area contributed by atoms with Gasteiger partial charge >= 0.3 is 0 Å². The molecule has 1 saturated carbocycles. The summed E-state index contributed by atoms with van der Waals surface area (Å²) in [5.74, 6) is -0.375. The quantitative estimate of drug-likeness (QED) is 0.795. The van der Waals surface area contributed by atoms with Crippen LogP contribution in [0.15, 0.2) is 47.6 Å². The monoisotopic (exact) mass is 404 g/mol. The standard InChI is InChI=1S/C23H24N4O3/c1-14-6-7-15(2)20(12-14)27-21(28)11-10-19(26-27)23(30)25-18-5-3-4-17(13-18)24-22(29)16-8-9-16/h3-7,12-13,16H,8-11H2,1-2H3,(H,24,29)(H,25,30). The van der Waals surface area contributed by atoms with Crippen molar-refractivity contribution in [3.63, 3.8) is 0 Å². The highest BCUT2D eigenvalue weighted by Crippen LogP contribution is 2.30. The van der Waals surface area contributed by atoms with E-state index in [0.29, 0.717) is 22.8 Å². The van der Waals surface area contributed by atoms with Gasteiger partial charge in [0.05, 0.1) is 5.69 Å². The van der Waals surface area contributed by atoms with Gasteiger partial charge in [-0.1, -0.05) is 18.2 Å². The Bertz CT molecular complexity index is 1060. The van der Waals surface area contributed by atoms with Crippen LogP contribution in [-0.2, 0) is 14.4 Å². The van der Waals surface area contributed by atoms with E-state index < -0.39 is 0 Å². The number of carbonyl (C=O) groups excluding carboxylic acids is 3. The molecular weight excluding hydrogens is 380 g/mol. The lowest BCUT2D eigenvalue weighted by Gasteiger charge is -2.24.